The van der Waals surface area contributed by atoms with E-state index in [4.69, 9.17) is 4.74 Å². The maximum atomic E-state index is 12.1. The Kier molecular flexibility index (Phi) is 7.55. The summed E-state index contributed by atoms with van der Waals surface area (Å²) in [5.41, 5.74) is 5.82. The Morgan fingerprint density at radius 1 is 0.704 bits per heavy atom. The summed E-state index contributed by atoms with van der Waals surface area (Å²) in [5, 5.41) is 5.66. The van der Waals surface area contributed by atoms with E-state index in [1.807, 2.05) is 64.1 Å². The van der Waals surface area contributed by atoms with E-state index < -0.39 is 0 Å². The molecule has 0 unspecified atom stereocenters. The lowest BCUT2D eigenvalue weighted by Gasteiger charge is -2.09. The van der Waals surface area contributed by atoms with E-state index in [9.17, 15) is 9.59 Å². The predicted molar refractivity (Wildman–Crippen MR) is 107 cm³/mol. The summed E-state index contributed by atoms with van der Waals surface area (Å²) in [6.45, 7) is 9.66. The van der Waals surface area contributed by atoms with Gasteiger partial charge in [-0.1, -0.05) is 12.1 Å². The highest BCUT2D eigenvalue weighted by atomic mass is 16.5. The first-order valence-electron chi connectivity index (χ1n) is 9.17. The van der Waals surface area contributed by atoms with Crippen LogP contribution in [0.2, 0.25) is 0 Å². The van der Waals surface area contributed by atoms with Crippen LogP contribution in [-0.2, 0) is 4.74 Å². The first-order chi connectivity index (χ1) is 12.9. The van der Waals surface area contributed by atoms with Crippen LogP contribution >= 0.6 is 0 Å². The summed E-state index contributed by atoms with van der Waals surface area (Å²) < 4.78 is 5.46. The molecule has 0 aliphatic heterocycles. The number of amides is 2. The number of nitrogens with one attached hydrogen (secondary N) is 2. The Balaban J connectivity index is 1.61. The van der Waals surface area contributed by atoms with Gasteiger partial charge in [0, 0.05) is 24.2 Å². The van der Waals surface area contributed by atoms with Crippen LogP contribution in [0.3, 0.4) is 0 Å². The molecule has 0 bridgehead atoms. The van der Waals surface area contributed by atoms with Crippen molar-refractivity contribution in [3.05, 3.63) is 69.8 Å². The number of benzene rings is 2. The second-order valence-corrected chi connectivity index (χ2v) is 6.72. The van der Waals surface area contributed by atoms with Gasteiger partial charge in [-0.2, -0.15) is 0 Å². The lowest BCUT2D eigenvalue weighted by Crippen LogP contribution is -2.30. The summed E-state index contributed by atoms with van der Waals surface area (Å²) in [6.07, 6.45) is 0. The van der Waals surface area contributed by atoms with Crippen LogP contribution in [0.25, 0.3) is 0 Å². The molecule has 2 N–H and O–H groups in total. The highest BCUT2D eigenvalue weighted by Gasteiger charge is 2.07. The minimum absolute atomic E-state index is 0.107. The monoisotopic (exact) mass is 368 g/mol. The van der Waals surface area contributed by atoms with Gasteiger partial charge >= 0.3 is 0 Å². The largest absolute Gasteiger partial charge is 0.378 e. The first-order valence-corrected chi connectivity index (χ1v) is 9.17. The maximum absolute atomic E-state index is 12.1. The molecule has 2 aromatic rings. The standard InChI is InChI=1S/C22H28N2O3/c1-15-5-7-19(13-17(15)3)21(25)23-9-11-27-12-10-24-22(26)20-8-6-16(2)18(4)14-20/h5-8,13-14H,9-12H2,1-4H3,(H,23,25)(H,24,26). The van der Waals surface area contributed by atoms with Crippen molar-refractivity contribution in [1.82, 2.24) is 10.6 Å². The van der Waals surface area contributed by atoms with Crippen LogP contribution in [0.15, 0.2) is 36.4 Å². The maximum Gasteiger partial charge on any atom is 0.251 e. The number of carbonyl (C=O) groups excluding carboxylic acids is 2. The smallest absolute Gasteiger partial charge is 0.251 e. The van der Waals surface area contributed by atoms with Gasteiger partial charge in [0.05, 0.1) is 13.2 Å². The molecule has 0 fully saturated rings. The zero-order valence-corrected chi connectivity index (χ0v) is 16.5. The van der Waals surface area contributed by atoms with Crippen molar-refractivity contribution in [2.24, 2.45) is 0 Å². The average molecular weight is 368 g/mol. The third-order valence-electron chi connectivity index (χ3n) is 4.60. The van der Waals surface area contributed by atoms with Crippen molar-refractivity contribution in [1.29, 1.82) is 0 Å². The zero-order valence-electron chi connectivity index (χ0n) is 16.5. The van der Waals surface area contributed by atoms with Crippen molar-refractivity contribution < 1.29 is 14.3 Å². The Morgan fingerprint density at radius 3 is 1.48 bits per heavy atom. The molecule has 144 valence electrons. The SMILES string of the molecule is Cc1ccc(C(=O)NCCOCCNC(=O)c2ccc(C)c(C)c2)cc1C. The van der Waals surface area contributed by atoms with Gasteiger partial charge in [-0.15, -0.1) is 0 Å². The van der Waals surface area contributed by atoms with E-state index in [-0.39, 0.29) is 11.8 Å². The molecular formula is C22H28N2O3. The molecule has 2 rings (SSSR count). The molecule has 0 atom stereocenters. The van der Waals surface area contributed by atoms with Crippen molar-refractivity contribution >= 4 is 11.8 Å². The van der Waals surface area contributed by atoms with E-state index in [0.717, 1.165) is 22.3 Å². The van der Waals surface area contributed by atoms with Gasteiger partial charge in [0.15, 0.2) is 0 Å². The fraction of sp³-hybridized carbons (Fsp3) is 0.364. The van der Waals surface area contributed by atoms with Crippen LogP contribution < -0.4 is 10.6 Å². The average Bonchev–Trinajstić information content (AvgIpc) is 2.65. The van der Waals surface area contributed by atoms with Crippen LogP contribution in [0, 0.1) is 27.7 Å². The number of rotatable bonds is 8. The lowest BCUT2D eigenvalue weighted by atomic mass is 10.1. The molecule has 2 aromatic carbocycles. The highest BCUT2D eigenvalue weighted by molar-refractivity contribution is 5.94. The molecule has 0 aromatic heterocycles. The molecule has 0 saturated carbocycles. The Morgan fingerprint density at radius 2 is 1.11 bits per heavy atom. The van der Waals surface area contributed by atoms with Crippen LogP contribution in [0.5, 0.6) is 0 Å². The Labute approximate surface area is 161 Å². The Bertz CT molecular complexity index is 748. The summed E-state index contributed by atoms with van der Waals surface area (Å²) in [6, 6.07) is 11.3. The van der Waals surface area contributed by atoms with Gasteiger partial charge in [0.2, 0.25) is 0 Å². The van der Waals surface area contributed by atoms with Crippen LogP contribution in [-0.4, -0.2) is 38.1 Å². The van der Waals surface area contributed by atoms with Crippen molar-refractivity contribution in [3.8, 4) is 0 Å². The van der Waals surface area contributed by atoms with Gasteiger partial charge in [0.25, 0.3) is 11.8 Å². The topological polar surface area (TPSA) is 67.4 Å². The van der Waals surface area contributed by atoms with E-state index >= 15 is 0 Å². The molecule has 0 spiro atoms. The Hall–Kier alpha value is -2.66. The summed E-state index contributed by atoms with van der Waals surface area (Å²) in [5.74, 6) is -0.213. The quantitative estimate of drug-likeness (QED) is 0.704. The molecule has 0 aliphatic carbocycles. The van der Waals surface area contributed by atoms with Gasteiger partial charge in [-0.05, 0) is 74.2 Å². The van der Waals surface area contributed by atoms with E-state index in [1.54, 1.807) is 0 Å². The number of carbonyl (C=O) groups is 2. The third kappa shape index (κ3) is 6.22. The molecule has 5 heteroatoms. The van der Waals surface area contributed by atoms with Crippen molar-refractivity contribution in [2.45, 2.75) is 27.7 Å². The number of hydrogen-bond donors (Lipinski definition) is 2. The van der Waals surface area contributed by atoms with Crippen LogP contribution in [0.1, 0.15) is 43.0 Å². The van der Waals surface area contributed by atoms with E-state index in [0.29, 0.717) is 37.4 Å². The molecule has 0 aliphatic rings. The number of hydrogen-bond acceptors (Lipinski definition) is 3. The normalized spacial score (nSPS) is 10.5. The molecular weight excluding hydrogens is 340 g/mol. The molecule has 2 amide bonds. The van der Waals surface area contributed by atoms with Crippen molar-refractivity contribution in [2.75, 3.05) is 26.3 Å². The van der Waals surface area contributed by atoms with Crippen LogP contribution in [0.4, 0.5) is 0 Å². The molecule has 0 radical (unpaired) electrons. The highest BCUT2D eigenvalue weighted by Crippen LogP contribution is 2.10. The number of aryl methyl sites for hydroxylation is 4. The second kappa shape index (κ2) is 9.88. The summed E-state index contributed by atoms with van der Waals surface area (Å²) >= 11 is 0. The zero-order chi connectivity index (χ0) is 19.8. The predicted octanol–water partition coefficient (Wildman–Crippen LogP) is 3.10. The summed E-state index contributed by atoms with van der Waals surface area (Å²) in [4.78, 5) is 24.1. The first kappa shape index (κ1) is 20.6. The van der Waals surface area contributed by atoms with Gasteiger partial charge in [-0.3, -0.25) is 9.59 Å². The van der Waals surface area contributed by atoms with Gasteiger partial charge in [-0.25, -0.2) is 0 Å². The van der Waals surface area contributed by atoms with Crippen molar-refractivity contribution in [3.63, 3.8) is 0 Å². The van der Waals surface area contributed by atoms with Gasteiger partial charge in [0.1, 0.15) is 0 Å². The second-order valence-electron chi connectivity index (χ2n) is 6.72. The lowest BCUT2D eigenvalue weighted by molar-refractivity contribution is 0.0892. The molecule has 0 heterocycles. The fourth-order valence-corrected chi connectivity index (χ4v) is 2.54. The minimum atomic E-state index is -0.107. The molecule has 0 saturated heterocycles. The summed E-state index contributed by atoms with van der Waals surface area (Å²) in [7, 11) is 0. The van der Waals surface area contributed by atoms with E-state index in [1.165, 1.54) is 0 Å². The molecule has 5 nitrogen and oxygen atoms in total. The fourth-order valence-electron chi connectivity index (χ4n) is 2.54. The van der Waals surface area contributed by atoms with E-state index in [2.05, 4.69) is 10.6 Å². The third-order valence-corrected chi connectivity index (χ3v) is 4.60. The van der Waals surface area contributed by atoms with Gasteiger partial charge < -0.3 is 15.4 Å². The molecule has 27 heavy (non-hydrogen) atoms. The minimum Gasteiger partial charge on any atom is -0.378 e. The number of ether oxygens (including phenoxy) is 1.